The Bertz CT molecular complexity index is 321. The third-order valence-electron chi connectivity index (χ3n) is 1.71. The smallest absolute Gasteiger partial charge is 0.330 e. The van der Waals surface area contributed by atoms with Gasteiger partial charge in [-0.05, 0) is 24.6 Å². The fraction of sp³-hybridized carbons (Fsp3) is 0.200. The molecule has 4 heteroatoms. The van der Waals surface area contributed by atoms with Gasteiger partial charge in [-0.25, -0.2) is 4.79 Å². The van der Waals surface area contributed by atoms with E-state index in [9.17, 15) is 4.79 Å². The highest BCUT2D eigenvalue weighted by molar-refractivity contribution is 5.80. The molecule has 0 aliphatic rings. The van der Waals surface area contributed by atoms with Gasteiger partial charge in [-0.2, -0.15) is 0 Å². The van der Waals surface area contributed by atoms with Gasteiger partial charge in [0.25, 0.3) is 0 Å². The molecule has 1 atom stereocenters. The van der Waals surface area contributed by atoms with Crippen molar-refractivity contribution < 1.29 is 9.90 Å². The number of anilines is 1. The minimum absolute atomic E-state index is 0.557. The van der Waals surface area contributed by atoms with Crippen LogP contribution in [0.1, 0.15) is 6.92 Å². The molecule has 4 nitrogen and oxygen atoms in total. The molecule has 2 N–H and O–H groups in total. The van der Waals surface area contributed by atoms with Gasteiger partial charge < -0.3 is 10.4 Å². The Kier molecular flexibility index (Phi) is 3.23. The lowest BCUT2D eigenvalue weighted by molar-refractivity contribution is -0.137. The summed E-state index contributed by atoms with van der Waals surface area (Å²) in [6, 6.07) is 2.73. The van der Waals surface area contributed by atoms with E-state index in [-0.39, 0.29) is 0 Å². The molecule has 0 spiro atoms. The highest BCUT2D eigenvalue weighted by Crippen LogP contribution is 2.09. The van der Waals surface area contributed by atoms with E-state index in [4.69, 9.17) is 5.11 Å². The summed E-state index contributed by atoms with van der Waals surface area (Å²) in [5.74, 6) is -0.943. The summed E-state index contributed by atoms with van der Waals surface area (Å²) in [4.78, 5) is 14.7. The maximum atomic E-state index is 10.8. The van der Waals surface area contributed by atoms with Gasteiger partial charge in [0.05, 0.1) is 5.69 Å². The topological polar surface area (TPSA) is 62.2 Å². The average Bonchev–Trinajstić information content (AvgIpc) is 2.15. The van der Waals surface area contributed by atoms with Crippen LogP contribution in [0.4, 0.5) is 5.69 Å². The zero-order valence-electron chi connectivity index (χ0n) is 7.90. The van der Waals surface area contributed by atoms with Crippen LogP contribution in [0.5, 0.6) is 0 Å². The Hall–Kier alpha value is -1.84. The van der Waals surface area contributed by atoms with Crippen LogP contribution in [0.3, 0.4) is 0 Å². The summed E-state index contributed by atoms with van der Waals surface area (Å²) in [7, 11) is 0. The van der Waals surface area contributed by atoms with E-state index < -0.39 is 12.0 Å². The molecule has 0 aliphatic carbocycles. The quantitative estimate of drug-likeness (QED) is 0.710. The Labute approximate surface area is 82.3 Å². The first-order valence-electron chi connectivity index (χ1n) is 4.16. The third-order valence-corrected chi connectivity index (χ3v) is 1.71. The normalized spacial score (nSPS) is 11.8. The van der Waals surface area contributed by atoms with Gasteiger partial charge in [0.1, 0.15) is 6.04 Å². The van der Waals surface area contributed by atoms with Gasteiger partial charge in [-0.1, -0.05) is 6.58 Å². The molecule has 0 fully saturated rings. The van der Waals surface area contributed by atoms with Crippen molar-refractivity contribution in [3.05, 3.63) is 36.7 Å². The van der Waals surface area contributed by atoms with Crippen LogP contribution in [-0.4, -0.2) is 22.1 Å². The highest BCUT2D eigenvalue weighted by Gasteiger charge is 2.17. The van der Waals surface area contributed by atoms with E-state index in [1.165, 1.54) is 0 Å². The second kappa shape index (κ2) is 4.41. The van der Waals surface area contributed by atoms with Crippen LogP contribution < -0.4 is 5.32 Å². The molecular weight excluding hydrogens is 180 g/mol. The van der Waals surface area contributed by atoms with Gasteiger partial charge in [-0.15, -0.1) is 0 Å². The predicted molar refractivity (Wildman–Crippen MR) is 54.1 cm³/mol. The first-order valence-corrected chi connectivity index (χ1v) is 4.16. The minimum Gasteiger partial charge on any atom is -0.479 e. The lowest BCUT2D eigenvalue weighted by Gasteiger charge is -2.14. The molecule has 0 bridgehead atoms. The highest BCUT2D eigenvalue weighted by atomic mass is 16.4. The summed E-state index contributed by atoms with van der Waals surface area (Å²) in [5.41, 5.74) is 1.23. The van der Waals surface area contributed by atoms with Crippen LogP contribution in [-0.2, 0) is 4.79 Å². The molecule has 0 saturated heterocycles. The largest absolute Gasteiger partial charge is 0.479 e. The number of hydrogen-bond donors (Lipinski definition) is 2. The minimum atomic E-state index is -0.943. The lowest BCUT2D eigenvalue weighted by Crippen LogP contribution is -2.29. The van der Waals surface area contributed by atoms with Crippen molar-refractivity contribution in [2.24, 2.45) is 0 Å². The zero-order chi connectivity index (χ0) is 10.6. The van der Waals surface area contributed by atoms with Crippen LogP contribution >= 0.6 is 0 Å². The molecule has 0 amide bonds. The Morgan fingerprint density at radius 1 is 1.71 bits per heavy atom. The Morgan fingerprint density at radius 3 is 2.86 bits per heavy atom. The molecular formula is C10H12N2O2. The molecule has 14 heavy (non-hydrogen) atoms. The molecule has 0 unspecified atom stereocenters. The van der Waals surface area contributed by atoms with Crippen molar-refractivity contribution in [3.8, 4) is 0 Å². The van der Waals surface area contributed by atoms with Crippen molar-refractivity contribution in [2.75, 3.05) is 5.32 Å². The van der Waals surface area contributed by atoms with Crippen molar-refractivity contribution in [1.82, 2.24) is 4.98 Å². The summed E-state index contributed by atoms with van der Waals surface area (Å²) in [6.45, 7) is 5.28. The monoisotopic (exact) mass is 192 g/mol. The van der Waals surface area contributed by atoms with Gasteiger partial charge in [-0.3, -0.25) is 4.98 Å². The third kappa shape index (κ3) is 2.58. The van der Waals surface area contributed by atoms with E-state index in [1.54, 1.807) is 31.5 Å². The number of carbonyl (C=O) groups is 1. The summed E-state index contributed by atoms with van der Waals surface area (Å²) >= 11 is 0. The fourth-order valence-electron chi connectivity index (χ4n) is 1.01. The van der Waals surface area contributed by atoms with E-state index in [2.05, 4.69) is 16.9 Å². The molecule has 0 aliphatic heterocycles. The van der Waals surface area contributed by atoms with Crippen molar-refractivity contribution in [2.45, 2.75) is 13.0 Å². The molecule has 1 aromatic heterocycles. The number of nitrogens with zero attached hydrogens (tertiary/aromatic N) is 1. The maximum absolute atomic E-state index is 10.8. The number of nitrogens with one attached hydrogen (secondary N) is 1. The Balaban J connectivity index is 2.75. The summed E-state index contributed by atoms with van der Waals surface area (Å²) in [6.07, 6.45) is 3.20. The SMILES string of the molecule is C=C(C)[C@H](Nc1cccnc1)C(=O)O. The van der Waals surface area contributed by atoms with E-state index >= 15 is 0 Å². The van der Waals surface area contributed by atoms with Crippen molar-refractivity contribution >= 4 is 11.7 Å². The maximum Gasteiger partial charge on any atom is 0.330 e. The first kappa shape index (κ1) is 10.2. The average molecular weight is 192 g/mol. The van der Waals surface area contributed by atoms with Crippen LogP contribution in [0, 0.1) is 0 Å². The van der Waals surface area contributed by atoms with E-state index in [0.717, 1.165) is 0 Å². The second-order valence-electron chi connectivity index (χ2n) is 3.00. The summed E-state index contributed by atoms with van der Waals surface area (Å²) in [5, 5.41) is 11.7. The second-order valence-corrected chi connectivity index (χ2v) is 3.00. The van der Waals surface area contributed by atoms with Crippen molar-refractivity contribution in [1.29, 1.82) is 0 Å². The number of rotatable bonds is 4. The number of aromatic nitrogens is 1. The number of carboxylic acid groups (broad SMARTS) is 1. The van der Waals surface area contributed by atoms with Gasteiger partial charge in [0.2, 0.25) is 0 Å². The van der Waals surface area contributed by atoms with Crippen LogP contribution in [0.25, 0.3) is 0 Å². The van der Waals surface area contributed by atoms with Crippen molar-refractivity contribution in [3.63, 3.8) is 0 Å². The molecule has 1 rings (SSSR count). The van der Waals surface area contributed by atoms with Crippen LogP contribution in [0.2, 0.25) is 0 Å². The number of aliphatic carboxylic acids is 1. The van der Waals surface area contributed by atoms with Gasteiger partial charge >= 0.3 is 5.97 Å². The number of hydrogen-bond acceptors (Lipinski definition) is 3. The van der Waals surface area contributed by atoms with Gasteiger partial charge in [0.15, 0.2) is 0 Å². The predicted octanol–water partition coefficient (Wildman–Crippen LogP) is 1.52. The lowest BCUT2D eigenvalue weighted by atomic mass is 10.1. The van der Waals surface area contributed by atoms with E-state index in [1.807, 2.05) is 0 Å². The van der Waals surface area contributed by atoms with E-state index in [0.29, 0.717) is 11.3 Å². The summed E-state index contributed by atoms with van der Waals surface area (Å²) < 4.78 is 0. The van der Waals surface area contributed by atoms with Gasteiger partial charge in [0, 0.05) is 12.4 Å². The molecule has 0 radical (unpaired) electrons. The number of pyridine rings is 1. The molecule has 74 valence electrons. The molecule has 1 heterocycles. The fourth-order valence-corrected chi connectivity index (χ4v) is 1.01. The van der Waals surface area contributed by atoms with Crippen LogP contribution in [0.15, 0.2) is 36.7 Å². The molecule has 0 aromatic carbocycles. The Morgan fingerprint density at radius 2 is 2.43 bits per heavy atom. The molecule has 1 aromatic rings. The zero-order valence-corrected chi connectivity index (χ0v) is 7.90. The number of carboxylic acids is 1. The molecule has 0 saturated carbocycles. The standard InChI is InChI=1S/C10H12N2O2/c1-7(2)9(10(13)14)12-8-4-3-5-11-6-8/h3-6,9,12H,1H2,2H3,(H,13,14)/t9-/m0/s1. The first-order chi connectivity index (χ1) is 6.61.